The molecule has 2 aromatic carbocycles. The Hall–Kier alpha value is -2.62. The van der Waals surface area contributed by atoms with Crippen molar-refractivity contribution in [3.05, 3.63) is 42.7 Å². The molecule has 0 amide bonds. The normalized spacial score (nSPS) is 10.9. The van der Waals surface area contributed by atoms with Gasteiger partial charge in [-0.05, 0) is 31.3 Å². The summed E-state index contributed by atoms with van der Waals surface area (Å²) in [4.78, 5) is 8.66. The Balaban J connectivity index is 0.00000261. The topological polar surface area (TPSA) is 102 Å². The molecule has 8 nitrogen and oxygen atoms in total. The van der Waals surface area contributed by atoms with Gasteiger partial charge < -0.3 is 14.8 Å². The molecule has 3 aromatic rings. The lowest BCUT2D eigenvalue weighted by Crippen LogP contribution is -2.18. The second-order valence-corrected chi connectivity index (χ2v) is 7.19. The van der Waals surface area contributed by atoms with Gasteiger partial charge >= 0.3 is 0 Å². The van der Waals surface area contributed by atoms with E-state index in [1.54, 1.807) is 38.5 Å². The number of hydrogen-bond donors (Lipinski definition) is 2. The van der Waals surface area contributed by atoms with Gasteiger partial charge in [-0.3, -0.25) is 0 Å². The molecule has 0 fully saturated rings. The lowest BCUT2D eigenvalue weighted by Gasteiger charge is -2.12. The van der Waals surface area contributed by atoms with Gasteiger partial charge in [-0.1, -0.05) is 6.07 Å². The van der Waals surface area contributed by atoms with Gasteiger partial charge in [0.05, 0.1) is 24.6 Å². The summed E-state index contributed by atoms with van der Waals surface area (Å²) in [6, 6.07) is 9.97. The van der Waals surface area contributed by atoms with Crippen LogP contribution in [0.25, 0.3) is 10.9 Å². The summed E-state index contributed by atoms with van der Waals surface area (Å²) in [6.07, 6.45) is 1.42. The van der Waals surface area contributed by atoms with E-state index in [0.29, 0.717) is 33.9 Å². The summed E-state index contributed by atoms with van der Waals surface area (Å²) < 4.78 is 36.9. The van der Waals surface area contributed by atoms with Crippen molar-refractivity contribution in [1.82, 2.24) is 14.7 Å². The Kier molecular flexibility index (Phi) is 6.42. The molecular weight excluding hydrogens is 392 g/mol. The number of nitrogens with zero attached hydrogens (tertiary/aromatic N) is 2. The maximum absolute atomic E-state index is 12.0. The van der Waals surface area contributed by atoms with Gasteiger partial charge in [0.2, 0.25) is 10.0 Å². The average molecular weight is 411 g/mol. The number of hydrogen-bond acceptors (Lipinski definition) is 7. The van der Waals surface area contributed by atoms with E-state index in [0.717, 1.165) is 0 Å². The Morgan fingerprint density at radius 3 is 2.37 bits per heavy atom. The number of sulfonamides is 1. The van der Waals surface area contributed by atoms with Crippen LogP contribution in [-0.4, -0.2) is 39.7 Å². The minimum atomic E-state index is -3.53. The summed E-state index contributed by atoms with van der Waals surface area (Å²) in [5, 5.41) is 3.85. The highest BCUT2D eigenvalue weighted by atomic mass is 35.5. The highest BCUT2D eigenvalue weighted by Crippen LogP contribution is 2.34. The van der Waals surface area contributed by atoms with Crippen LogP contribution in [0.1, 0.15) is 0 Å². The number of nitrogens with one attached hydrogen (secondary N) is 2. The zero-order valence-corrected chi connectivity index (χ0v) is 16.5. The summed E-state index contributed by atoms with van der Waals surface area (Å²) >= 11 is 0. The molecule has 0 radical (unpaired) electrons. The fourth-order valence-corrected chi connectivity index (χ4v) is 3.25. The van der Waals surface area contributed by atoms with E-state index in [1.165, 1.54) is 25.5 Å². The van der Waals surface area contributed by atoms with E-state index < -0.39 is 10.0 Å². The summed E-state index contributed by atoms with van der Waals surface area (Å²) in [6.45, 7) is 0. The summed E-state index contributed by atoms with van der Waals surface area (Å²) in [5.41, 5.74) is 1.25. The third kappa shape index (κ3) is 4.21. The van der Waals surface area contributed by atoms with Gasteiger partial charge in [-0.15, -0.1) is 12.4 Å². The number of methoxy groups -OCH3 is 2. The fraction of sp³-hybridized carbons (Fsp3) is 0.176. The standard InChI is InChI=1S/C17H18N4O4S.ClH/c1-18-26(22,23)12-6-4-5-11(7-12)21-17-13-8-15(24-2)16(25-3)9-14(13)19-10-20-17;/h4-10,18H,1-3H3,(H,19,20,21);1H. The van der Waals surface area contributed by atoms with Crippen molar-refractivity contribution >= 4 is 44.8 Å². The van der Waals surface area contributed by atoms with Crippen molar-refractivity contribution in [2.24, 2.45) is 0 Å². The van der Waals surface area contributed by atoms with Crippen molar-refractivity contribution in [2.75, 3.05) is 26.6 Å². The number of ether oxygens (including phenoxy) is 2. The minimum absolute atomic E-state index is 0. The van der Waals surface area contributed by atoms with Crippen LogP contribution in [0.5, 0.6) is 11.5 Å². The molecule has 1 heterocycles. The molecule has 3 rings (SSSR count). The Labute approximate surface area is 163 Å². The molecule has 10 heteroatoms. The third-order valence-electron chi connectivity index (χ3n) is 3.82. The van der Waals surface area contributed by atoms with E-state index >= 15 is 0 Å². The monoisotopic (exact) mass is 410 g/mol. The molecule has 0 atom stereocenters. The van der Waals surface area contributed by atoms with Gasteiger partial charge in [0.25, 0.3) is 0 Å². The van der Waals surface area contributed by atoms with Crippen molar-refractivity contribution in [3.63, 3.8) is 0 Å². The van der Waals surface area contributed by atoms with Crippen molar-refractivity contribution < 1.29 is 17.9 Å². The molecule has 0 spiro atoms. The van der Waals surface area contributed by atoms with E-state index in [1.807, 2.05) is 0 Å². The highest BCUT2D eigenvalue weighted by Gasteiger charge is 2.14. The molecular formula is C17H19ClN4O4S. The quantitative estimate of drug-likeness (QED) is 0.644. The van der Waals surface area contributed by atoms with Crippen LogP contribution in [0.15, 0.2) is 47.6 Å². The van der Waals surface area contributed by atoms with Gasteiger partial charge in [-0.25, -0.2) is 23.1 Å². The first-order valence-corrected chi connectivity index (χ1v) is 9.14. The predicted molar refractivity (Wildman–Crippen MR) is 106 cm³/mol. The number of rotatable bonds is 6. The van der Waals surface area contributed by atoms with Gasteiger partial charge in [-0.2, -0.15) is 0 Å². The largest absolute Gasteiger partial charge is 0.493 e. The number of anilines is 2. The second-order valence-electron chi connectivity index (χ2n) is 5.31. The SMILES string of the molecule is CNS(=O)(=O)c1cccc(Nc2ncnc3cc(OC)c(OC)cc23)c1.Cl. The maximum Gasteiger partial charge on any atom is 0.240 e. The molecule has 0 unspecified atom stereocenters. The number of halogens is 1. The lowest BCUT2D eigenvalue weighted by atomic mass is 10.2. The van der Waals surface area contributed by atoms with Crippen LogP contribution in [0, 0.1) is 0 Å². The molecule has 144 valence electrons. The second kappa shape index (κ2) is 8.38. The molecule has 0 aliphatic carbocycles. The molecule has 0 aliphatic rings. The van der Waals surface area contributed by atoms with E-state index in [-0.39, 0.29) is 17.3 Å². The number of fused-ring (bicyclic) bond motifs is 1. The molecule has 2 N–H and O–H groups in total. The van der Waals surface area contributed by atoms with E-state index in [2.05, 4.69) is 20.0 Å². The molecule has 1 aromatic heterocycles. The van der Waals surface area contributed by atoms with Crippen LogP contribution < -0.4 is 19.5 Å². The van der Waals surface area contributed by atoms with Crippen LogP contribution in [0.3, 0.4) is 0 Å². The van der Waals surface area contributed by atoms with E-state index in [4.69, 9.17) is 9.47 Å². The van der Waals surface area contributed by atoms with Crippen LogP contribution >= 0.6 is 12.4 Å². The van der Waals surface area contributed by atoms with Crippen LogP contribution in [0.2, 0.25) is 0 Å². The molecule has 0 saturated carbocycles. The fourth-order valence-electron chi connectivity index (χ4n) is 2.48. The highest BCUT2D eigenvalue weighted by molar-refractivity contribution is 7.89. The van der Waals surface area contributed by atoms with Crippen molar-refractivity contribution in [3.8, 4) is 11.5 Å². The smallest absolute Gasteiger partial charge is 0.240 e. The average Bonchev–Trinajstić information content (AvgIpc) is 2.67. The third-order valence-corrected chi connectivity index (χ3v) is 5.23. The molecule has 0 bridgehead atoms. The first-order valence-electron chi connectivity index (χ1n) is 7.66. The molecule has 0 saturated heterocycles. The van der Waals surface area contributed by atoms with Crippen LogP contribution in [-0.2, 0) is 10.0 Å². The van der Waals surface area contributed by atoms with E-state index in [9.17, 15) is 8.42 Å². The van der Waals surface area contributed by atoms with Crippen LogP contribution in [0.4, 0.5) is 11.5 Å². The predicted octanol–water partition coefficient (Wildman–Crippen LogP) is 2.72. The first-order chi connectivity index (χ1) is 12.5. The number of aromatic nitrogens is 2. The Bertz CT molecular complexity index is 1060. The van der Waals surface area contributed by atoms with Gasteiger partial charge in [0, 0.05) is 17.1 Å². The molecule has 27 heavy (non-hydrogen) atoms. The Morgan fingerprint density at radius 2 is 1.70 bits per heavy atom. The zero-order valence-electron chi connectivity index (χ0n) is 14.9. The summed E-state index contributed by atoms with van der Waals surface area (Å²) in [5.74, 6) is 1.63. The lowest BCUT2D eigenvalue weighted by molar-refractivity contribution is 0.356. The first kappa shape index (κ1) is 20.7. The van der Waals surface area contributed by atoms with Crippen molar-refractivity contribution in [2.45, 2.75) is 4.90 Å². The number of benzene rings is 2. The maximum atomic E-state index is 12.0. The van der Waals surface area contributed by atoms with Gasteiger partial charge in [0.1, 0.15) is 12.1 Å². The minimum Gasteiger partial charge on any atom is -0.493 e. The zero-order chi connectivity index (χ0) is 18.7. The summed E-state index contributed by atoms with van der Waals surface area (Å²) in [7, 11) is 0.935. The molecule has 0 aliphatic heterocycles. The van der Waals surface area contributed by atoms with Crippen molar-refractivity contribution in [1.29, 1.82) is 0 Å². The Morgan fingerprint density at radius 1 is 1.00 bits per heavy atom. The van der Waals surface area contributed by atoms with Gasteiger partial charge in [0.15, 0.2) is 11.5 Å².